The first-order valence-corrected chi connectivity index (χ1v) is 9.19. The molecule has 0 spiro atoms. The molecule has 0 heterocycles. The molecule has 3 nitrogen and oxygen atoms in total. The number of carbonyl (C=O) groups is 1. The Morgan fingerprint density at radius 1 is 1.15 bits per heavy atom. The minimum Gasteiger partial charge on any atom is -0.465 e. The number of benzene rings is 2. The molecule has 0 aliphatic heterocycles. The molecule has 0 saturated carbocycles. The maximum Gasteiger partial charge on any atom is 0.321 e. The molecule has 0 aliphatic rings. The SMILES string of the molecule is [2H]C([2H])(CC(=C)C(C)(C(=O)OCC)C(C)=Nc1ccccc1)Cc1ccccc1. The zero-order chi connectivity index (χ0) is 21.5. The van der Waals surface area contributed by atoms with Crippen LogP contribution in [0, 0.1) is 5.41 Å². The molecule has 27 heavy (non-hydrogen) atoms. The number of ether oxygens (including phenoxy) is 1. The average Bonchev–Trinajstić information content (AvgIpc) is 2.68. The first-order valence-electron chi connectivity index (χ1n) is 10.2. The lowest BCUT2D eigenvalue weighted by molar-refractivity contribution is -0.148. The summed E-state index contributed by atoms with van der Waals surface area (Å²) < 4.78 is 22.3. The fourth-order valence-electron chi connectivity index (χ4n) is 2.76. The van der Waals surface area contributed by atoms with Crippen molar-refractivity contribution < 1.29 is 12.3 Å². The lowest BCUT2D eigenvalue weighted by atomic mass is 9.76. The fourth-order valence-corrected chi connectivity index (χ4v) is 2.76. The van der Waals surface area contributed by atoms with E-state index >= 15 is 0 Å². The van der Waals surface area contributed by atoms with Crippen molar-refractivity contribution in [3.8, 4) is 0 Å². The number of para-hydroxylation sites is 1. The van der Waals surface area contributed by atoms with Crippen LogP contribution in [0.2, 0.25) is 0 Å². The molecule has 1 unspecified atom stereocenters. The minimum absolute atomic E-state index is 0.0266. The van der Waals surface area contributed by atoms with E-state index in [4.69, 9.17) is 7.48 Å². The second-order valence-electron chi connectivity index (χ2n) is 6.57. The molecule has 2 rings (SSSR count). The van der Waals surface area contributed by atoms with E-state index in [1.54, 1.807) is 20.8 Å². The van der Waals surface area contributed by atoms with Gasteiger partial charge in [0.1, 0.15) is 5.41 Å². The predicted molar refractivity (Wildman–Crippen MR) is 112 cm³/mol. The molecule has 142 valence electrons. The van der Waals surface area contributed by atoms with Gasteiger partial charge in [-0.2, -0.15) is 0 Å². The molecule has 0 N–H and O–H groups in total. The van der Waals surface area contributed by atoms with Gasteiger partial charge in [-0.1, -0.05) is 60.7 Å². The second kappa shape index (κ2) is 9.86. The zero-order valence-corrected chi connectivity index (χ0v) is 16.4. The summed E-state index contributed by atoms with van der Waals surface area (Å²) >= 11 is 0. The Morgan fingerprint density at radius 2 is 1.74 bits per heavy atom. The highest BCUT2D eigenvalue weighted by Crippen LogP contribution is 2.34. The zero-order valence-electron chi connectivity index (χ0n) is 18.4. The Hall–Kier alpha value is -2.68. The third kappa shape index (κ3) is 5.40. The summed E-state index contributed by atoms with van der Waals surface area (Å²) in [4.78, 5) is 17.5. The van der Waals surface area contributed by atoms with Crippen LogP contribution >= 0.6 is 0 Å². The maximum atomic E-state index is 12.9. The van der Waals surface area contributed by atoms with Crippen LogP contribution in [-0.4, -0.2) is 18.3 Å². The number of carbonyl (C=O) groups excluding carboxylic acids is 1. The number of hydrogen-bond acceptors (Lipinski definition) is 3. The Balaban J connectivity index is 2.31. The molecule has 3 heteroatoms. The molecule has 0 fully saturated rings. The third-order valence-corrected chi connectivity index (χ3v) is 4.68. The van der Waals surface area contributed by atoms with Gasteiger partial charge in [-0.15, -0.1) is 0 Å². The quantitative estimate of drug-likeness (QED) is 0.314. The van der Waals surface area contributed by atoms with Crippen molar-refractivity contribution in [3.05, 3.63) is 78.4 Å². The summed E-state index contributed by atoms with van der Waals surface area (Å²) in [7, 11) is 0. The van der Waals surface area contributed by atoms with Crippen LogP contribution in [0.5, 0.6) is 0 Å². The molecule has 0 aliphatic carbocycles. The molecule has 0 amide bonds. The van der Waals surface area contributed by atoms with Crippen molar-refractivity contribution in [1.29, 1.82) is 0 Å². The van der Waals surface area contributed by atoms with Crippen molar-refractivity contribution in [2.75, 3.05) is 6.61 Å². The van der Waals surface area contributed by atoms with Gasteiger partial charge in [0, 0.05) is 8.45 Å². The van der Waals surface area contributed by atoms with Gasteiger partial charge < -0.3 is 4.74 Å². The van der Waals surface area contributed by atoms with Crippen LogP contribution in [0.4, 0.5) is 5.69 Å². The van der Waals surface area contributed by atoms with Gasteiger partial charge in [0.2, 0.25) is 0 Å². The molecule has 0 aromatic heterocycles. The molecule has 0 saturated heterocycles. The van der Waals surface area contributed by atoms with E-state index in [0.29, 0.717) is 11.3 Å². The smallest absolute Gasteiger partial charge is 0.321 e. The lowest BCUT2D eigenvalue weighted by Crippen LogP contribution is -2.38. The summed E-state index contributed by atoms with van der Waals surface area (Å²) in [6.07, 6.45) is -1.29. The van der Waals surface area contributed by atoms with E-state index in [9.17, 15) is 4.79 Å². The molecule has 1 atom stereocenters. The molecule has 2 aromatic rings. The summed E-state index contributed by atoms with van der Waals surface area (Å²) in [5.74, 6) is -0.460. The lowest BCUT2D eigenvalue weighted by Gasteiger charge is -2.30. The van der Waals surface area contributed by atoms with Crippen LogP contribution in [0.3, 0.4) is 0 Å². The van der Waals surface area contributed by atoms with Crippen LogP contribution in [-0.2, 0) is 16.0 Å². The highest BCUT2D eigenvalue weighted by molar-refractivity contribution is 6.09. The van der Waals surface area contributed by atoms with E-state index in [0.717, 1.165) is 11.3 Å². The van der Waals surface area contributed by atoms with E-state index in [2.05, 4.69) is 11.6 Å². The van der Waals surface area contributed by atoms with Gasteiger partial charge in [-0.05, 0) is 57.7 Å². The Morgan fingerprint density at radius 3 is 2.33 bits per heavy atom. The highest BCUT2D eigenvalue weighted by atomic mass is 16.5. The first-order chi connectivity index (χ1) is 13.7. The van der Waals surface area contributed by atoms with E-state index in [-0.39, 0.29) is 19.4 Å². The van der Waals surface area contributed by atoms with Gasteiger partial charge in [0.25, 0.3) is 0 Å². The first kappa shape index (κ1) is 17.7. The van der Waals surface area contributed by atoms with Gasteiger partial charge in [-0.25, -0.2) is 0 Å². The summed E-state index contributed by atoms with van der Waals surface area (Å²) in [6.45, 7) is 9.56. The topological polar surface area (TPSA) is 38.7 Å². The van der Waals surface area contributed by atoms with Crippen LogP contribution < -0.4 is 0 Å². The average molecular weight is 366 g/mol. The predicted octanol–water partition coefficient (Wildman–Crippen LogP) is 5.93. The number of esters is 1. The summed E-state index contributed by atoms with van der Waals surface area (Å²) in [6, 6.07) is 18.8. The Bertz CT molecular complexity index is 863. The monoisotopic (exact) mass is 365 g/mol. The third-order valence-electron chi connectivity index (χ3n) is 4.68. The standard InChI is InChI=1S/C24H29NO2/c1-5-27-23(26)24(4,20(3)25-22-17-10-7-11-18-22)19(2)13-12-16-21-14-8-6-9-15-21/h6-11,14-15,17-18H,2,5,12-13,16H2,1,3-4H3/i12D2. The number of aliphatic imine (C=N–C) groups is 1. The maximum absolute atomic E-state index is 12.9. The second-order valence-corrected chi connectivity index (χ2v) is 6.57. The van der Waals surface area contributed by atoms with Gasteiger partial charge >= 0.3 is 5.97 Å². The minimum atomic E-state index is -1.56. The van der Waals surface area contributed by atoms with Crippen molar-refractivity contribution in [2.24, 2.45) is 10.4 Å². The van der Waals surface area contributed by atoms with Crippen LogP contribution in [0.15, 0.2) is 77.8 Å². The van der Waals surface area contributed by atoms with E-state index < -0.39 is 17.8 Å². The summed E-state index contributed by atoms with van der Waals surface area (Å²) in [5, 5.41) is 0. The molecule has 2 aromatic carbocycles. The molecule has 0 bridgehead atoms. The Labute approximate surface area is 165 Å². The van der Waals surface area contributed by atoms with E-state index in [1.807, 2.05) is 60.7 Å². The van der Waals surface area contributed by atoms with Gasteiger partial charge in [0.05, 0.1) is 12.3 Å². The Kier molecular flexibility index (Phi) is 6.47. The number of rotatable bonds is 9. The molecular weight excluding hydrogens is 334 g/mol. The van der Waals surface area contributed by atoms with Crippen molar-refractivity contribution in [3.63, 3.8) is 0 Å². The van der Waals surface area contributed by atoms with Crippen molar-refractivity contribution in [1.82, 2.24) is 0 Å². The normalized spacial score (nSPS) is 15.3. The molecule has 0 radical (unpaired) electrons. The highest BCUT2D eigenvalue weighted by Gasteiger charge is 2.40. The van der Waals surface area contributed by atoms with Crippen molar-refractivity contribution in [2.45, 2.75) is 40.0 Å². The van der Waals surface area contributed by atoms with Crippen LogP contribution in [0.1, 0.15) is 41.9 Å². The van der Waals surface area contributed by atoms with Crippen LogP contribution in [0.25, 0.3) is 0 Å². The van der Waals surface area contributed by atoms with Gasteiger partial charge in [-0.3, -0.25) is 9.79 Å². The van der Waals surface area contributed by atoms with E-state index in [1.165, 1.54) is 0 Å². The number of hydrogen-bond donors (Lipinski definition) is 0. The van der Waals surface area contributed by atoms with Gasteiger partial charge in [0.15, 0.2) is 0 Å². The van der Waals surface area contributed by atoms with Crippen molar-refractivity contribution >= 4 is 17.4 Å². The largest absolute Gasteiger partial charge is 0.465 e. The fraction of sp³-hybridized carbons (Fsp3) is 0.333. The summed E-state index contributed by atoms with van der Waals surface area (Å²) in [5.41, 5.74) is 1.39. The number of nitrogens with zero attached hydrogens (tertiary/aromatic N) is 1. The molecular formula is C24H29NO2. The number of aryl methyl sites for hydroxylation is 1.